The Hall–Kier alpha value is -1.99. The van der Waals surface area contributed by atoms with Crippen molar-refractivity contribution in [1.82, 2.24) is 14.7 Å². The van der Waals surface area contributed by atoms with Gasteiger partial charge in [0.2, 0.25) is 10.0 Å². The number of nitrogens with zero attached hydrogens (tertiary/aromatic N) is 2. The molecule has 0 spiro atoms. The van der Waals surface area contributed by atoms with E-state index in [1.807, 2.05) is 25.1 Å². The average Bonchev–Trinajstić information content (AvgIpc) is 2.53. The van der Waals surface area contributed by atoms with Gasteiger partial charge in [-0.25, -0.2) is 18.1 Å². The molecule has 0 aromatic carbocycles. The quantitative estimate of drug-likeness (QED) is 0.843. The summed E-state index contributed by atoms with van der Waals surface area (Å²) in [6.07, 6.45) is 2.25. The monoisotopic (exact) mass is 321 g/mol. The second-order valence-corrected chi connectivity index (χ2v) is 6.66. The zero-order valence-corrected chi connectivity index (χ0v) is 13.4. The van der Waals surface area contributed by atoms with Crippen molar-refractivity contribution in [2.24, 2.45) is 0 Å². The third kappa shape index (κ3) is 4.51. The molecule has 6 nitrogen and oxygen atoms in total. The number of hydrogen-bond acceptors (Lipinski definition) is 5. The van der Waals surface area contributed by atoms with Crippen LogP contribution < -0.4 is 9.46 Å². The topological polar surface area (TPSA) is 81.2 Å². The first-order chi connectivity index (χ1) is 10.5. The Balaban J connectivity index is 2.25. The van der Waals surface area contributed by atoms with Gasteiger partial charge in [0.05, 0.1) is 36.5 Å². The molecular formula is C15H19N3O3S. The van der Waals surface area contributed by atoms with Crippen molar-refractivity contribution in [2.45, 2.75) is 19.9 Å². The zero-order chi connectivity index (χ0) is 16.0. The van der Waals surface area contributed by atoms with E-state index in [0.29, 0.717) is 29.3 Å². The van der Waals surface area contributed by atoms with Crippen molar-refractivity contribution in [3.63, 3.8) is 0 Å². The molecule has 2 rings (SSSR count). The molecule has 0 unspecified atom stereocenters. The Morgan fingerprint density at radius 1 is 1.23 bits per heavy atom. The molecule has 22 heavy (non-hydrogen) atoms. The number of aromatic nitrogens is 2. The molecule has 0 radical (unpaired) electrons. The van der Waals surface area contributed by atoms with Crippen LogP contribution in [-0.4, -0.2) is 31.2 Å². The normalized spacial score (nSPS) is 11.4. The van der Waals surface area contributed by atoms with Crippen molar-refractivity contribution >= 4 is 10.0 Å². The first kappa shape index (κ1) is 16.4. The third-order valence-corrected chi connectivity index (χ3v) is 4.49. The second-order valence-electron chi connectivity index (χ2n) is 4.74. The van der Waals surface area contributed by atoms with Crippen LogP contribution in [0.3, 0.4) is 0 Å². The van der Waals surface area contributed by atoms with E-state index < -0.39 is 10.0 Å². The first-order valence-corrected chi connectivity index (χ1v) is 8.63. The zero-order valence-electron chi connectivity index (χ0n) is 12.6. The smallest absolute Gasteiger partial charge is 0.211 e. The lowest BCUT2D eigenvalue weighted by Crippen LogP contribution is -2.26. The van der Waals surface area contributed by atoms with E-state index in [2.05, 4.69) is 14.7 Å². The molecular weight excluding hydrogens is 302 g/mol. The highest BCUT2D eigenvalue weighted by molar-refractivity contribution is 7.89. The molecule has 0 aliphatic carbocycles. The van der Waals surface area contributed by atoms with Crippen molar-refractivity contribution in [2.75, 3.05) is 12.9 Å². The summed E-state index contributed by atoms with van der Waals surface area (Å²) in [5.41, 5.74) is 1.93. The average molecular weight is 321 g/mol. The molecule has 2 aromatic heterocycles. The van der Waals surface area contributed by atoms with Gasteiger partial charge in [0.25, 0.3) is 0 Å². The van der Waals surface area contributed by atoms with E-state index in [9.17, 15) is 8.42 Å². The van der Waals surface area contributed by atoms with Gasteiger partial charge in [0.15, 0.2) is 0 Å². The van der Waals surface area contributed by atoms with Crippen LogP contribution in [0.2, 0.25) is 0 Å². The second kappa shape index (κ2) is 7.33. The Morgan fingerprint density at radius 3 is 2.68 bits per heavy atom. The number of methoxy groups -OCH3 is 1. The minimum atomic E-state index is -3.27. The molecule has 0 saturated carbocycles. The highest BCUT2D eigenvalue weighted by Gasteiger charge is 2.11. The van der Waals surface area contributed by atoms with Gasteiger partial charge >= 0.3 is 0 Å². The van der Waals surface area contributed by atoms with Crippen LogP contribution in [0.15, 0.2) is 36.5 Å². The summed E-state index contributed by atoms with van der Waals surface area (Å²) in [6.45, 7) is 1.95. The van der Waals surface area contributed by atoms with Crippen LogP contribution in [0, 0.1) is 0 Å². The van der Waals surface area contributed by atoms with Crippen LogP contribution in [0.1, 0.15) is 19.0 Å². The van der Waals surface area contributed by atoms with E-state index in [-0.39, 0.29) is 12.3 Å². The minimum Gasteiger partial charge on any atom is -0.497 e. The number of pyridine rings is 2. The van der Waals surface area contributed by atoms with Crippen molar-refractivity contribution in [3.8, 4) is 17.1 Å². The Labute approximate surface area is 130 Å². The molecule has 1 N–H and O–H groups in total. The van der Waals surface area contributed by atoms with Gasteiger partial charge in [-0.05, 0) is 18.6 Å². The van der Waals surface area contributed by atoms with E-state index in [0.717, 1.165) is 0 Å². The van der Waals surface area contributed by atoms with E-state index >= 15 is 0 Å². The van der Waals surface area contributed by atoms with Gasteiger partial charge in [-0.3, -0.25) is 4.98 Å². The molecule has 0 aliphatic heterocycles. The number of sulfonamides is 1. The fraction of sp³-hybridized carbons (Fsp3) is 0.333. The van der Waals surface area contributed by atoms with Gasteiger partial charge in [-0.1, -0.05) is 13.0 Å². The fourth-order valence-corrected chi connectivity index (χ4v) is 2.99. The lowest BCUT2D eigenvalue weighted by Gasteiger charge is -2.09. The van der Waals surface area contributed by atoms with E-state index in [1.54, 1.807) is 25.4 Å². The van der Waals surface area contributed by atoms with Gasteiger partial charge in [0.1, 0.15) is 5.75 Å². The van der Waals surface area contributed by atoms with Crippen LogP contribution >= 0.6 is 0 Å². The SMILES string of the molecule is CCCS(=O)(=O)NCc1cc(OC)cc(-c2ccccn2)n1. The summed E-state index contributed by atoms with van der Waals surface area (Å²) in [4.78, 5) is 8.69. The molecule has 0 fully saturated rings. The molecule has 7 heteroatoms. The van der Waals surface area contributed by atoms with Gasteiger partial charge in [-0.15, -0.1) is 0 Å². The predicted molar refractivity (Wildman–Crippen MR) is 84.9 cm³/mol. The maximum absolute atomic E-state index is 11.7. The Morgan fingerprint density at radius 2 is 2.05 bits per heavy atom. The summed E-state index contributed by atoms with van der Waals surface area (Å²) >= 11 is 0. The van der Waals surface area contributed by atoms with Crippen molar-refractivity contribution in [3.05, 3.63) is 42.2 Å². The third-order valence-electron chi connectivity index (χ3n) is 2.96. The lowest BCUT2D eigenvalue weighted by molar-refractivity contribution is 0.413. The predicted octanol–water partition coefficient (Wildman–Crippen LogP) is 1.98. The molecule has 2 heterocycles. The summed E-state index contributed by atoms with van der Waals surface area (Å²) in [6, 6.07) is 9.01. The van der Waals surface area contributed by atoms with Crippen LogP contribution in [0.4, 0.5) is 0 Å². The van der Waals surface area contributed by atoms with E-state index in [4.69, 9.17) is 4.74 Å². The first-order valence-electron chi connectivity index (χ1n) is 6.98. The van der Waals surface area contributed by atoms with Crippen LogP contribution in [0.5, 0.6) is 5.75 Å². The molecule has 0 saturated heterocycles. The standard InChI is InChI=1S/C15H19N3O3S/c1-3-8-22(19,20)17-11-12-9-13(21-2)10-15(18-12)14-6-4-5-7-16-14/h4-7,9-10,17H,3,8,11H2,1-2H3. The van der Waals surface area contributed by atoms with Gasteiger partial charge < -0.3 is 4.74 Å². The van der Waals surface area contributed by atoms with Crippen molar-refractivity contribution in [1.29, 1.82) is 0 Å². The molecule has 118 valence electrons. The Bertz CT molecular complexity index is 718. The van der Waals surface area contributed by atoms with Crippen molar-refractivity contribution < 1.29 is 13.2 Å². The fourth-order valence-electron chi connectivity index (χ4n) is 1.94. The maximum Gasteiger partial charge on any atom is 0.211 e. The van der Waals surface area contributed by atoms with Gasteiger partial charge in [-0.2, -0.15) is 0 Å². The van der Waals surface area contributed by atoms with Gasteiger partial charge in [0, 0.05) is 18.3 Å². The highest BCUT2D eigenvalue weighted by Crippen LogP contribution is 2.21. The number of ether oxygens (including phenoxy) is 1. The molecule has 2 aromatic rings. The largest absolute Gasteiger partial charge is 0.497 e. The number of hydrogen-bond donors (Lipinski definition) is 1. The summed E-state index contributed by atoms with van der Waals surface area (Å²) in [7, 11) is -1.72. The lowest BCUT2D eigenvalue weighted by atomic mass is 10.2. The number of rotatable bonds is 7. The van der Waals surface area contributed by atoms with Crippen LogP contribution in [-0.2, 0) is 16.6 Å². The highest BCUT2D eigenvalue weighted by atomic mass is 32.2. The molecule has 0 atom stereocenters. The summed E-state index contributed by atoms with van der Waals surface area (Å²) in [5, 5.41) is 0. The maximum atomic E-state index is 11.7. The van der Waals surface area contributed by atoms with Crippen LogP contribution in [0.25, 0.3) is 11.4 Å². The number of nitrogens with one attached hydrogen (secondary N) is 1. The molecule has 0 amide bonds. The summed E-state index contributed by atoms with van der Waals surface area (Å²) < 4.78 is 31.3. The molecule has 0 bridgehead atoms. The Kier molecular flexibility index (Phi) is 5.46. The molecule has 0 aliphatic rings. The van der Waals surface area contributed by atoms with E-state index in [1.165, 1.54) is 0 Å². The minimum absolute atomic E-state index is 0.101. The summed E-state index contributed by atoms with van der Waals surface area (Å²) in [5.74, 6) is 0.713.